The minimum absolute atomic E-state index is 0.0401. The van der Waals surface area contributed by atoms with Crippen molar-refractivity contribution in [3.05, 3.63) is 77.6 Å². The van der Waals surface area contributed by atoms with E-state index in [9.17, 15) is 4.79 Å². The maximum atomic E-state index is 12.4. The van der Waals surface area contributed by atoms with Crippen LogP contribution in [-0.4, -0.2) is 22.1 Å². The first-order valence-electron chi connectivity index (χ1n) is 10.7. The lowest BCUT2D eigenvalue weighted by Crippen LogP contribution is -2.20. The molecule has 2 aromatic heterocycles. The number of hydrogen-bond donors (Lipinski definition) is 1. The molecule has 0 unspecified atom stereocenters. The normalized spacial score (nSPS) is 13.2. The summed E-state index contributed by atoms with van der Waals surface area (Å²) in [5.41, 5.74) is 4.09. The molecule has 5 rings (SSSR count). The van der Waals surface area contributed by atoms with Gasteiger partial charge in [0.1, 0.15) is 22.9 Å². The highest BCUT2D eigenvalue weighted by atomic mass is 16.5. The summed E-state index contributed by atoms with van der Waals surface area (Å²) in [4.78, 5) is 16.6. The number of benzene rings is 2. The van der Waals surface area contributed by atoms with E-state index in [1.165, 1.54) is 18.4 Å². The van der Waals surface area contributed by atoms with Gasteiger partial charge in [-0.2, -0.15) is 0 Å². The monoisotopic (exact) mass is 415 g/mol. The second-order valence-corrected chi connectivity index (χ2v) is 8.00. The Labute approximate surface area is 180 Å². The van der Waals surface area contributed by atoms with E-state index in [4.69, 9.17) is 9.15 Å². The van der Waals surface area contributed by atoms with Crippen molar-refractivity contribution in [2.75, 3.05) is 11.9 Å². The molecule has 4 aromatic rings. The molecule has 6 heteroatoms. The largest absolute Gasteiger partial charge is 0.484 e. The van der Waals surface area contributed by atoms with Crippen LogP contribution in [0.3, 0.4) is 0 Å². The van der Waals surface area contributed by atoms with Crippen molar-refractivity contribution in [2.45, 2.75) is 39.2 Å². The number of aryl methyl sites for hydroxylation is 3. The number of furan rings is 1. The number of carbonyl (C=O) groups excluding carboxylic acids is 1. The highest BCUT2D eigenvalue weighted by Crippen LogP contribution is 2.33. The van der Waals surface area contributed by atoms with Gasteiger partial charge < -0.3 is 19.0 Å². The van der Waals surface area contributed by atoms with Gasteiger partial charge >= 0.3 is 0 Å². The van der Waals surface area contributed by atoms with Crippen molar-refractivity contribution in [3.63, 3.8) is 0 Å². The number of aromatic nitrogens is 2. The number of rotatable bonds is 6. The molecule has 31 heavy (non-hydrogen) atoms. The summed E-state index contributed by atoms with van der Waals surface area (Å²) in [6.45, 7) is 2.69. The van der Waals surface area contributed by atoms with Crippen LogP contribution in [0, 0.1) is 6.92 Å². The number of imidazole rings is 1. The lowest BCUT2D eigenvalue weighted by atomic mass is 9.96. The molecular formula is C25H25N3O3. The van der Waals surface area contributed by atoms with Crippen molar-refractivity contribution in [3.8, 4) is 5.75 Å². The third-order valence-corrected chi connectivity index (χ3v) is 5.81. The minimum Gasteiger partial charge on any atom is -0.484 e. The summed E-state index contributed by atoms with van der Waals surface area (Å²) in [5, 5.41) is 4.00. The van der Waals surface area contributed by atoms with Crippen molar-refractivity contribution >= 4 is 22.6 Å². The van der Waals surface area contributed by atoms with Gasteiger partial charge in [0.15, 0.2) is 6.61 Å². The zero-order valence-corrected chi connectivity index (χ0v) is 17.6. The maximum absolute atomic E-state index is 12.4. The van der Waals surface area contributed by atoms with Crippen LogP contribution in [0.1, 0.15) is 35.6 Å². The van der Waals surface area contributed by atoms with Crippen molar-refractivity contribution in [1.29, 1.82) is 0 Å². The summed E-state index contributed by atoms with van der Waals surface area (Å²) in [5.74, 6) is 2.57. The molecule has 0 saturated heterocycles. The Hall–Kier alpha value is -3.54. The second-order valence-electron chi connectivity index (χ2n) is 8.00. The first-order chi connectivity index (χ1) is 15.2. The molecule has 0 bridgehead atoms. The van der Waals surface area contributed by atoms with Crippen LogP contribution in [0.15, 0.2) is 59.3 Å². The molecule has 2 heterocycles. The SMILES string of the molecule is Cc1nccn1Cc1ccc(NC(=O)COc2ccc3oc4c(c3c2)CCCC4)cc1. The standard InChI is InChI=1S/C25H25N3O3/c1-17-26-12-13-28(17)15-18-6-8-19(9-7-18)27-25(29)16-30-20-10-11-24-22(14-20)21-4-2-3-5-23(21)31-24/h6-14H,2-5,15-16H2,1H3,(H,27,29). The average molecular weight is 415 g/mol. The Morgan fingerprint density at radius 2 is 2.00 bits per heavy atom. The summed E-state index contributed by atoms with van der Waals surface area (Å²) < 4.78 is 13.8. The van der Waals surface area contributed by atoms with Crippen molar-refractivity contribution in [2.24, 2.45) is 0 Å². The molecule has 2 aromatic carbocycles. The Bertz CT molecular complexity index is 1220. The molecular weight excluding hydrogens is 390 g/mol. The van der Waals surface area contributed by atoms with Crippen LogP contribution >= 0.6 is 0 Å². The summed E-state index contributed by atoms with van der Waals surface area (Å²) in [6.07, 6.45) is 8.17. The number of anilines is 1. The van der Waals surface area contributed by atoms with Crippen LogP contribution in [0.4, 0.5) is 5.69 Å². The zero-order chi connectivity index (χ0) is 21.2. The zero-order valence-electron chi connectivity index (χ0n) is 17.6. The first-order valence-corrected chi connectivity index (χ1v) is 10.7. The van der Waals surface area contributed by atoms with E-state index in [-0.39, 0.29) is 12.5 Å². The Balaban J connectivity index is 1.18. The molecule has 158 valence electrons. The van der Waals surface area contributed by atoms with E-state index in [1.807, 2.05) is 55.6 Å². The minimum atomic E-state index is -0.187. The number of amides is 1. The van der Waals surface area contributed by atoms with Crippen LogP contribution in [0.5, 0.6) is 5.75 Å². The molecule has 0 atom stereocenters. The Morgan fingerprint density at radius 3 is 2.81 bits per heavy atom. The quantitative estimate of drug-likeness (QED) is 0.487. The van der Waals surface area contributed by atoms with Gasteiger partial charge in [0.25, 0.3) is 5.91 Å². The molecule has 0 aliphatic heterocycles. The Kier molecular flexibility index (Phi) is 5.20. The molecule has 1 N–H and O–H groups in total. The highest BCUT2D eigenvalue weighted by Gasteiger charge is 2.18. The van der Waals surface area contributed by atoms with Crippen molar-refractivity contribution in [1.82, 2.24) is 9.55 Å². The summed E-state index contributed by atoms with van der Waals surface area (Å²) in [6, 6.07) is 13.6. The average Bonchev–Trinajstić information content (AvgIpc) is 3.36. The highest BCUT2D eigenvalue weighted by molar-refractivity contribution is 5.92. The molecule has 1 amide bonds. The van der Waals surface area contributed by atoms with Crippen molar-refractivity contribution < 1.29 is 13.9 Å². The first kappa shape index (κ1) is 19.4. The van der Waals surface area contributed by atoms with Crippen LogP contribution in [-0.2, 0) is 24.2 Å². The second kappa shape index (κ2) is 8.30. The number of nitrogens with one attached hydrogen (secondary N) is 1. The van der Waals surface area contributed by atoms with Crippen LogP contribution in [0.25, 0.3) is 11.0 Å². The topological polar surface area (TPSA) is 69.3 Å². The van der Waals surface area contributed by atoms with E-state index in [0.29, 0.717) is 5.75 Å². The van der Waals surface area contributed by atoms with Gasteiger partial charge in [-0.3, -0.25) is 4.79 Å². The maximum Gasteiger partial charge on any atom is 0.262 e. The number of ether oxygens (including phenoxy) is 1. The molecule has 1 aliphatic rings. The third-order valence-electron chi connectivity index (χ3n) is 5.81. The molecule has 0 radical (unpaired) electrons. The number of hydrogen-bond acceptors (Lipinski definition) is 4. The molecule has 1 aliphatic carbocycles. The van der Waals surface area contributed by atoms with Gasteiger partial charge in [0.05, 0.1) is 0 Å². The van der Waals surface area contributed by atoms with Crippen LogP contribution in [0.2, 0.25) is 0 Å². The molecule has 6 nitrogen and oxygen atoms in total. The molecule has 0 spiro atoms. The smallest absolute Gasteiger partial charge is 0.262 e. The number of fused-ring (bicyclic) bond motifs is 3. The van der Waals surface area contributed by atoms with E-state index in [2.05, 4.69) is 14.9 Å². The summed E-state index contributed by atoms with van der Waals surface area (Å²) in [7, 11) is 0. The van der Waals surface area contributed by atoms with Gasteiger partial charge in [0.2, 0.25) is 0 Å². The number of nitrogens with zero attached hydrogens (tertiary/aromatic N) is 2. The van der Waals surface area contributed by atoms with Gasteiger partial charge in [-0.1, -0.05) is 12.1 Å². The molecule has 0 fully saturated rings. The fourth-order valence-corrected chi connectivity index (χ4v) is 4.14. The van der Waals surface area contributed by atoms with Gasteiger partial charge in [-0.15, -0.1) is 0 Å². The van der Waals surface area contributed by atoms with Gasteiger partial charge in [-0.05, 0) is 62.1 Å². The van der Waals surface area contributed by atoms with Crippen LogP contribution < -0.4 is 10.1 Å². The summed E-state index contributed by atoms with van der Waals surface area (Å²) >= 11 is 0. The van der Waals surface area contributed by atoms with E-state index in [0.717, 1.165) is 53.2 Å². The number of carbonyl (C=O) groups is 1. The van der Waals surface area contributed by atoms with E-state index < -0.39 is 0 Å². The fourth-order valence-electron chi connectivity index (χ4n) is 4.14. The Morgan fingerprint density at radius 1 is 1.16 bits per heavy atom. The van der Waals surface area contributed by atoms with E-state index >= 15 is 0 Å². The van der Waals surface area contributed by atoms with Gasteiger partial charge in [-0.25, -0.2) is 4.98 Å². The lowest BCUT2D eigenvalue weighted by Gasteiger charge is -2.10. The van der Waals surface area contributed by atoms with E-state index in [1.54, 1.807) is 6.20 Å². The fraction of sp³-hybridized carbons (Fsp3) is 0.280. The third kappa shape index (κ3) is 4.19. The van der Waals surface area contributed by atoms with Gasteiger partial charge in [0, 0.05) is 42.0 Å². The molecule has 0 saturated carbocycles. The predicted octanol–water partition coefficient (Wildman–Crippen LogP) is 4.88. The lowest BCUT2D eigenvalue weighted by molar-refractivity contribution is -0.118. The predicted molar refractivity (Wildman–Crippen MR) is 119 cm³/mol.